The second kappa shape index (κ2) is 35.0. The number of rotatable bonds is 14. The predicted molar refractivity (Wildman–Crippen MR) is 493 cm³/mol. The second-order valence-corrected chi connectivity index (χ2v) is 32.5. The van der Waals surface area contributed by atoms with E-state index in [1.165, 1.54) is 100 Å². The van der Waals surface area contributed by atoms with Crippen LogP contribution >= 0.6 is 0 Å². The van der Waals surface area contributed by atoms with Crippen molar-refractivity contribution >= 4 is 50.2 Å². The molecule has 20 aromatic rings. The van der Waals surface area contributed by atoms with Gasteiger partial charge in [-0.2, -0.15) is 23.4 Å². The third-order valence-electron chi connectivity index (χ3n) is 23.4. The van der Waals surface area contributed by atoms with Crippen LogP contribution in [0.3, 0.4) is 0 Å². The van der Waals surface area contributed by atoms with E-state index in [9.17, 15) is 22.4 Å². The van der Waals surface area contributed by atoms with Crippen LogP contribution in [0.25, 0.3) is 156 Å². The maximum atomic E-state index is 13.7. The highest BCUT2D eigenvalue weighted by Gasteiger charge is 2.32. The smallest absolute Gasteiger partial charge is 0.345 e. The van der Waals surface area contributed by atoms with E-state index in [1.54, 1.807) is 80.9 Å². The summed E-state index contributed by atoms with van der Waals surface area (Å²) in [6.45, 7) is 1.73. The summed E-state index contributed by atoms with van der Waals surface area (Å²) in [6, 6.07) is 81.1. The van der Waals surface area contributed by atoms with Gasteiger partial charge in [-0.15, -0.1) is 0 Å². The summed E-state index contributed by atoms with van der Waals surface area (Å²) in [5.41, 5.74) is 30.7. The van der Waals surface area contributed by atoms with Gasteiger partial charge in [0.05, 0.1) is 86.0 Å². The zero-order valence-electron chi connectivity index (χ0n) is 70.2. The van der Waals surface area contributed by atoms with Crippen LogP contribution < -0.4 is 0 Å². The third kappa shape index (κ3) is 17.6. The average molecular weight is 1680 g/mol. The molecule has 18 nitrogen and oxygen atoms in total. The maximum absolute atomic E-state index is 13.7. The van der Waals surface area contributed by atoms with Crippen LogP contribution in [0.4, 0.5) is 17.6 Å². The SMILES string of the molecule is Cc1cc(-c2ncccc2-c2cc(C(=O)N(C)C)c3[nH]ncc3c2)ccc1F.Cn1cnc2cc(-c3cccnc3-c3cccc(C4CC4)c3)ccc21.Cn1cnc2ccc(-c3cccnc3-c3cccc(C4CC4)c3)cc21.FC(F)(F)c1cccc(-c2ncccc2-c2ccc3nccn3c2)c1.c1cc(-c2ncccc2-c2ccc3ncnn3c2)cc(C2CC2)c1. The number of nitrogens with zero attached hydrogens (tertiary/aromatic N) is 16. The number of H-pyrrole nitrogens is 1. The first-order valence-corrected chi connectivity index (χ1v) is 42.2. The number of aryl methyl sites for hydroxylation is 3. The number of aromatic nitrogens is 16. The van der Waals surface area contributed by atoms with E-state index < -0.39 is 11.7 Å². The Kier molecular flexibility index (Phi) is 22.3. The molecule has 0 aliphatic heterocycles. The van der Waals surface area contributed by atoms with Gasteiger partial charge in [0.25, 0.3) is 5.91 Å². The molecule has 1 amide bonds. The monoisotopic (exact) mass is 1680 g/mol. The largest absolute Gasteiger partial charge is 0.416 e. The molecule has 3 aliphatic carbocycles. The van der Waals surface area contributed by atoms with Crippen LogP contribution in [0.1, 0.15) is 94.5 Å². The lowest BCUT2D eigenvalue weighted by Crippen LogP contribution is -2.22. The molecule has 8 aromatic carbocycles. The summed E-state index contributed by atoms with van der Waals surface area (Å²) in [6.07, 6.45) is 26.8. The summed E-state index contributed by atoms with van der Waals surface area (Å²) in [5, 5.41) is 12.1. The van der Waals surface area contributed by atoms with Crippen molar-refractivity contribution in [2.75, 3.05) is 14.1 Å². The van der Waals surface area contributed by atoms with Gasteiger partial charge in [-0.3, -0.25) is 34.8 Å². The minimum absolute atomic E-state index is 0.112. The molecule has 3 aliphatic rings. The van der Waals surface area contributed by atoms with E-state index in [1.807, 2.05) is 140 Å². The number of halogens is 4. The number of imidazole rings is 3. The highest BCUT2D eigenvalue weighted by molar-refractivity contribution is 6.07. The number of benzene rings is 8. The standard InChI is InChI=1S/C22H19FN4O.2C22H19N3.C20H16N4.C19H12F3N3/c1-13-9-14(6-7-19(13)23)20-17(5-4-8-24-20)15-10-16-12-25-26-21(16)18(11-15)22(28)27(2)3;1-25-14-24-20-13-17(9-10-21(20)25)19-6-3-11-23-22(19)18-5-2-4-16(12-18)15-7-8-15;1-25-14-24-20-10-9-17(13-21(20)25)19-6-3-11-23-22(19)18-5-2-4-16(12-18)15-7-8-15;1-3-15(14-6-7-14)11-16(4-1)20-18(5-2-10-21-20)17-8-9-19-22-13-23-24(19)12-17;20-19(21,22)15-4-1-3-13(11-15)18-16(5-2-8-24-18)14-6-7-17-23-9-10-25(17)12-14/h4-12H,1-3H3,(H,25,26);2*2-6,9-15H,7-8H2,1H3;1-5,8-14H,6-7H2;1-12H. The molecule has 3 saturated carbocycles. The fourth-order valence-electron chi connectivity index (χ4n) is 16.3. The van der Waals surface area contributed by atoms with Crippen molar-refractivity contribution in [2.45, 2.75) is 69.4 Å². The number of carbonyl (C=O) groups excluding carboxylic acids is 1. The quantitative estimate of drug-likeness (QED) is 0.101. The van der Waals surface area contributed by atoms with Gasteiger partial charge in [0.2, 0.25) is 0 Å². The fraction of sp³-hybridized carbons (Fsp3) is 0.143. The van der Waals surface area contributed by atoms with E-state index in [-0.39, 0.29) is 11.7 Å². The first-order valence-electron chi connectivity index (χ1n) is 42.2. The summed E-state index contributed by atoms with van der Waals surface area (Å²) in [7, 11) is 7.48. The van der Waals surface area contributed by atoms with Crippen molar-refractivity contribution in [2.24, 2.45) is 14.1 Å². The lowest BCUT2D eigenvalue weighted by atomic mass is 9.95. The summed E-state index contributed by atoms with van der Waals surface area (Å²) >= 11 is 0. The number of fused-ring (bicyclic) bond motifs is 5. The van der Waals surface area contributed by atoms with Crippen molar-refractivity contribution < 1.29 is 22.4 Å². The van der Waals surface area contributed by atoms with Crippen LogP contribution in [0.15, 0.2) is 330 Å². The number of carbonyl (C=O) groups is 1. The number of hydrogen-bond donors (Lipinski definition) is 1. The van der Waals surface area contributed by atoms with E-state index in [4.69, 9.17) is 9.97 Å². The highest BCUT2D eigenvalue weighted by Crippen LogP contribution is 2.46. The van der Waals surface area contributed by atoms with Gasteiger partial charge in [-0.1, -0.05) is 109 Å². The molecule has 624 valence electrons. The second-order valence-electron chi connectivity index (χ2n) is 32.5. The summed E-state index contributed by atoms with van der Waals surface area (Å²) in [5.74, 6) is 1.87. The average Bonchev–Trinajstić information content (AvgIpc) is 1.48. The minimum Gasteiger partial charge on any atom is -0.345 e. The van der Waals surface area contributed by atoms with E-state index in [2.05, 4.69) is 188 Å². The van der Waals surface area contributed by atoms with Crippen molar-refractivity contribution in [1.29, 1.82) is 0 Å². The lowest BCUT2D eigenvalue weighted by molar-refractivity contribution is -0.137. The van der Waals surface area contributed by atoms with Crippen molar-refractivity contribution in [3.05, 3.63) is 369 Å². The molecular weight excluding hydrogens is 1590 g/mol. The summed E-state index contributed by atoms with van der Waals surface area (Å²) < 4.78 is 60.5. The van der Waals surface area contributed by atoms with Crippen molar-refractivity contribution in [3.8, 4) is 112 Å². The number of nitrogens with one attached hydrogen (secondary N) is 1. The minimum atomic E-state index is -4.39. The highest BCUT2D eigenvalue weighted by atomic mass is 19.4. The Hall–Kier alpha value is -15.6. The van der Waals surface area contributed by atoms with Crippen LogP contribution in [0.2, 0.25) is 0 Å². The van der Waals surface area contributed by atoms with Gasteiger partial charge in [0.1, 0.15) is 17.8 Å². The van der Waals surface area contributed by atoms with Gasteiger partial charge in [0, 0.05) is 156 Å². The molecule has 12 aromatic heterocycles. The molecule has 0 atom stereocenters. The Morgan fingerprint density at radius 3 is 1.43 bits per heavy atom. The molecule has 127 heavy (non-hydrogen) atoms. The Bertz CT molecular complexity index is 7470. The molecule has 0 unspecified atom stereocenters. The Morgan fingerprint density at radius 2 is 0.890 bits per heavy atom. The van der Waals surface area contributed by atoms with Gasteiger partial charge < -0.3 is 18.4 Å². The molecule has 0 saturated heterocycles. The normalized spacial score (nSPS) is 13.0. The Labute approximate surface area is 729 Å². The van der Waals surface area contributed by atoms with Gasteiger partial charge in [-0.05, 0) is 242 Å². The van der Waals surface area contributed by atoms with Crippen LogP contribution in [0.5, 0.6) is 0 Å². The Morgan fingerprint density at radius 1 is 0.417 bits per heavy atom. The molecule has 12 heterocycles. The molecule has 23 rings (SSSR count). The molecule has 1 N–H and O–H groups in total. The van der Waals surface area contributed by atoms with E-state index in [0.717, 1.165) is 141 Å². The zero-order valence-corrected chi connectivity index (χ0v) is 70.2. The molecule has 0 radical (unpaired) electrons. The van der Waals surface area contributed by atoms with Crippen LogP contribution in [-0.2, 0) is 20.3 Å². The molecule has 3 fully saturated rings. The topological polar surface area (TPSA) is 197 Å². The van der Waals surface area contributed by atoms with Crippen LogP contribution in [0, 0.1) is 12.7 Å². The number of amides is 1. The van der Waals surface area contributed by atoms with Gasteiger partial charge in [-0.25, -0.2) is 28.8 Å². The van der Waals surface area contributed by atoms with Gasteiger partial charge in [0.15, 0.2) is 5.65 Å². The first-order chi connectivity index (χ1) is 61.9. The molecule has 22 heteroatoms. The first kappa shape index (κ1) is 81.1. The number of aromatic amines is 1. The maximum Gasteiger partial charge on any atom is 0.416 e. The fourth-order valence-corrected chi connectivity index (χ4v) is 16.3. The molecule has 0 bridgehead atoms. The van der Waals surface area contributed by atoms with E-state index >= 15 is 0 Å². The molecular formula is C105H85F4N17O. The zero-order chi connectivity index (χ0) is 86.8. The van der Waals surface area contributed by atoms with Crippen LogP contribution in [-0.4, -0.2) is 103 Å². The van der Waals surface area contributed by atoms with Gasteiger partial charge >= 0.3 is 6.18 Å². The van der Waals surface area contributed by atoms with E-state index in [0.29, 0.717) is 27.9 Å². The molecule has 0 spiro atoms. The third-order valence-corrected chi connectivity index (χ3v) is 23.4. The Balaban J connectivity index is 0.000000104. The van der Waals surface area contributed by atoms with Crippen molar-refractivity contribution in [3.63, 3.8) is 0 Å². The lowest BCUT2D eigenvalue weighted by Gasteiger charge is -2.14. The number of alkyl halides is 3. The van der Waals surface area contributed by atoms with Crippen molar-refractivity contribution in [1.82, 2.24) is 83.1 Å². The predicted octanol–water partition coefficient (Wildman–Crippen LogP) is 24.2. The number of pyridine rings is 7. The summed E-state index contributed by atoms with van der Waals surface area (Å²) in [4.78, 5) is 54.5. The number of hydrogen-bond acceptors (Lipinski definition) is 12.